The Morgan fingerprint density at radius 2 is 1.21 bits per heavy atom. The van der Waals surface area contributed by atoms with Gasteiger partial charge in [0.25, 0.3) is 6.33 Å². The molecule has 0 saturated carbocycles. The second kappa shape index (κ2) is 17.6. The summed E-state index contributed by atoms with van der Waals surface area (Å²) in [7, 11) is 0. The minimum atomic E-state index is -0.496. The largest absolute Gasteiger partial charge is 0.510 e. The van der Waals surface area contributed by atoms with Crippen molar-refractivity contribution in [1.29, 1.82) is 0 Å². The van der Waals surface area contributed by atoms with Crippen LogP contribution in [-0.4, -0.2) is 18.7 Å². The van der Waals surface area contributed by atoms with Crippen molar-refractivity contribution in [1.82, 2.24) is 18.7 Å². The predicted molar refractivity (Wildman–Crippen MR) is 279 cm³/mol. The summed E-state index contributed by atoms with van der Waals surface area (Å²) < 4.78 is 84.9. The molecule has 0 radical (unpaired) electrons. The van der Waals surface area contributed by atoms with E-state index >= 15 is 0 Å². The molecule has 13 rings (SSSR count). The van der Waals surface area contributed by atoms with E-state index in [-0.39, 0.29) is 73.0 Å². The Balaban J connectivity index is 0.00000609. The van der Waals surface area contributed by atoms with Gasteiger partial charge in [-0.1, -0.05) is 159 Å². The summed E-state index contributed by atoms with van der Waals surface area (Å²) in [4.78, 5) is 4.86. The van der Waals surface area contributed by atoms with Gasteiger partial charge < -0.3 is 18.4 Å². The fourth-order valence-electron chi connectivity index (χ4n) is 9.58. The molecule has 4 aromatic heterocycles. The van der Waals surface area contributed by atoms with Gasteiger partial charge in [-0.15, -0.1) is 29.7 Å². The summed E-state index contributed by atoms with van der Waals surface area (Å²) in [6, 6.07) is 58.1. The van der Waals surface area contributed by atoms with Crippen molar-refractivity contribution in [3.63, 3.8) is 0 Å². The van der Waals surface area contributed by atoms with E-state index in [0.29, 0.717) is 34.2 Å². The molecule has 0 bridgehead atoms. The zero-order valence-corrected chi connectivity index (χ0v) is 40.0. The van der Waals surface area contributed by atoms with Crippen molar-refractivity contribution in [2.24, 2.45) is 0 Å². The number of hydrogen-bond donors (Lipinski definition) is 0. The van der Waals surface area contributed by atoms with Gasteiger partial charge >= 0.3 is 0 Å². The van der Waals surface area contributed by atoms with Crippen LogP contribution in [0, 0.1) is 18.5 Å². The molecular weight excluding hydrogens is 1040 g/mol. The number of fused-ring (bicyclic) bond motifs is 7. The van der Waals surface area contributed by atoms with Crippen LogP contribution in [0.4, 0.5) is 0 Å². The molecule has 0 aliphatic heterocycles. The molecule has 0 aliphatic rings. The molecule has 0 atom stereocenters. The van der Waals surface area contributed by atoms with Crippen molar-refractivity contribution >= 4 is 54.6 Å². The summed E-state index contributed by atoms with van der Waals surface area (Å²) in [5.41, 5.74) is 10.8. The van der Waals surface area contributed by atoms with Gasteiger partial charge in [-0.25, -0.2) is 4.98 Å². The SMILES string of the molecule is [2H]c1c([2H])c([2H])c2c(c1[2H])c1c([2H])c([2H])c([2H])c([2H])c1n2-c1ccc2c(c1)c1ccc(Oc3[c-]c(-n4[c-][n+](-c5c(-c6ccccc6)cccc5-c5ccccc5)c5ccccc54)ccc3)[c-]c1n2-c1cc(C(C)C)ccn1.[Pt]. The van der Waals surface area contributed by atoms with E-state index in [1.54, 1.807) is 12.3 Å². The van der Waals surface area contributed by atoms with Crippen molar-refractivity contribution in [2.45, 2.75) is 19.8 Å². The maximum absolute atomic E-state index is 9.12. The summed E-state index contributed by atoms with van der Waals surface area (Å²) in [5, 5.41) is 1.52. The van der Waals surface area contributed by atoms with Gasteiger partial charge in [0, 0.05) is 60.7 Å². The topological polar surface area (TPSA) is 40.8 Å². The van der Waals surface area contributed by atoms with Gasteiger partial charge in [-0.2, -0.15) is 18.2 Å². The molecule has 9 aromatic carbocycles. The molecule has 70 heavy (non-hydrogen) atoms. The second-order valence-electron chi connectivity index (χ2n) is 17.2. The number of hydrogen-bond acceptors (Lipinski definition) is 2. The van der Waals surface area contributed by atoms with Crippen molar-refractivity contribution in [3.8, 4) is 56.6 Å². The maximum Gasteiger partial charge on any atom is 0.268 e. The third kappa shape index (κ3) is 7.22. The van der Waals surface area contributed by atoms with Crippen molar-refractivity contribution < 1.29 is 41.3 Å². The van der Waals surface area contributed by atoms with Gasteiger partial charge in [-0.05, 0) is 87.2 Å². The zero-order chi connectivity index (χ0) is 53.0. The number of nitrogens with zero attached hydrogens (tertiary/aromatic N) is 5. The first-order chi connectivity index (χ1) is 37.4. The minimum Gasteiger partial charge on any atom is -0.510 e. The van der Waals surface area contributed by atoms with Gasteiger partial charge in [0.05, 0.1) is 38.7 Å². The molecule has 338 valence electrons. The minimum absolute atomic E-state index is 0. The van der Waals surface area contributed by atoms with E-state index in [1.165, 1.54) is 4.57 Å². The molecule has 0 fully saturated rings. The van der Waals surface area contributed by atoms with Crippen molar-refractivity contribution in [2.75, 3.05) is 0 Å². The molecule has 0 aliphatic carbocycles. The Kier molecular flexibility index (Phi) is 8.80. The maximum atomic E-state index is 9.12. The van der Waals surface area contributed by atoms with Crippen LogP contribution in [0.2, 0.25) is 0 Å². The number of rotatable bonds is 9. The molecule has 0 unspecified atom stereocenters. The van der Waals surface area contributed by atoms with Crippen LogP contribution >= 0.6 is 0 Å². The Morgan fingerprint density at radius 1 is 0.557 bits per heavy atom. The van der Waals surface area contributed by atoms with Crippen LogP contribution < -0.4 is 9.30 Å². The average molecular weight is 1090 g/mol. The standard InChI is InChI=1S/C63H43N5O.Pt/c1-42(2)45-35-36-64-62(37-45)68-58-34-31-47(67-56-27-11-9-23-52(56)53-24-10-12-28-57(53)67)39-55(58)54-33-32-49(40-61(54)68)69-48-22-15-21-46(38-48)65-41-66(60-30-14-13-29-59(60)65)63-50(43-17-5-3-6-18-43)25-16-26-51(63)44-19-7-4-8-20-44;/h3-37,39,42H,1-2H3;/q-2;/i9D,10D,11D,12D,23D,24D,27D,28D;. The van der Waals surface area contributed by atoms with Crippen LogP contribution in [-0.2, 0) is 21.1 Å². The van der Waals surface area contributed by atoms with E-state index in [1.807, 2.05) is 88.0 Å². The first-order valence-electron chi connectivity index (χ1n) is 26.8. The number of para-hydroxylation sites is 5. The molecule has 0 amide bonds. The van der Waals surface area contributed by atoms with Gasteiger partial charge in [-0.3, -0.25) is 4.57 Å². The third-order valence-electron chi connectivity index (χ3n) is 12.8. The Hall–Kier alpha value is -8.31. The smallest absolute Gasteiger partial charge is 0.268 e. The predicted octanol–water partition coefficient (Wildman–Crippen LogP) is 15.1. The average Bonchev–Trinajstić information content (AvgIpc) is 4.34. The molecule has 0 saturated heterocycles. The van der Waals surface area contributed by atoms with E-state index in [0.717, 1.165) is 60.8 Å². The summed E-state index contributed by atoms with van der Waals surface area (Å²) in [6.45, 7) is 4.24. The van der Waals surface area contributed by atoms with Crippen LogP contribution in [0.1, 0.15) is 36.3 Å². The van der Waals surface area contributed by atoms with Crippen LogP contribution in [0.5, 0.6) is 11.5 Å². The van der Waals surface area contributed by atoms with Gasteiger partial charge in [0.2, 0.25) is 0 Å². The first-order valence-corrected chi connectivity index (χ1v) is 22.8. The number of benzene rings is 9. The number of ether oxygens (including phenoxy) is 1. The Morgan fingerprint density at radius 3 is 1.93 bits per heavy atom. The third-order valence-corrected chi connectivity index (χ3v) is 12.8. The molecule has 0 N–H and O–H groups in total. The van der Waals surface area contributed by atoms with E-state index in [2.05, 4.69) is 116 Å². The normalized spacial score (nSPS) is 13.2. The van der Waals surface area contributed by atoms with E-state index in [9.17, 15) is 0 Å². The fraction of sp³-hybridized carbons (Fsp3) is 0.0476. The summed E-state index contributed by atoms with van der Waals surface area (Å²) in [6.07, 6.45) is 5.50. The van der Waals surface area contributed by atoms with Crippen LogP contribution in [0.25, 0.3) is 99.8 Å². The van der Waals surface area contributed by atoms with E-state index < -0.39 is 24.2 Å². The monoisotopic (exact) mass is 1090 g/mol. The fourth-order valence-corrected chi connectivity index (χ4v) is 9.58. The molecular formula is C63H43N5OPt-2. The summed E-state index contributed by atoms with van der Waals surface area (Å²) >= 11 is 0. The Bertz CT molecular complexity index is 4440. The van der Waals surface area contributed by atoms with Crippen LogP contribution in [0.15, 0.2) is 218 Å². The summed E-state index contributed by atoms with van der Waals surface area (Å²) in [5.74, 6) is 1.69. The number of pyridine rings is 1. The first kappa shape index (κ1) is 34.9. The number of imidazole rings is 1. The van der Waals surface area contributed by atoms with Gasteiger partial charge in [0.1, 0.15) is 5.82 Å². The zero-order valence-electron chi connectivity index (χ0n) is 45.7. The van der Waals surface area contributed by atoms with Crippen molar-refractivity contribution in [3.05, 3.63) is 242 Å². The quantitative estimate of drug-likeness (QED) is 0.107. The molecule has 6 nitrogen and oxygen atoms in total. The van der Waals surface area contributed by atoms with Gasteiger partial charge in [0.15, 0.2) is 0 Å². The van der Waals surface area contributed by atoms with Crippen LogP contribution in [0.3, 0.4) is 0 Å². The molecule has 0 spiro atoms. The molecule has 4 heterocycles. The Labute approximate surface area is 431 Å². The molecule has 7 heteroatoms. The second-order valence-corrected chi connectivity index (χ2v) is 17.2. The molecule has 13 aromatic rings. The number of aromatic nitrogens is 5. The van der Waals surface area contributed by atoms with E-state index in [4.69, 9.17) is 20.7 Å².